The van der Waals surface area contributed by atoms with Crippen LogP contribution in [0.3, 0.4) is 0 Å². The second-order valence-corrected chi connectivity index (χ2v) is 19.8. The molecule has 35 atom stereocenters. The maximum atomic E-state index is 11.4. The Morgan fingerprint density at radius 1 is 0.195 bits per heavy atom. The molecule has 21 heterocycles. The second-order valence-electron chi connectivity index (χ2n) is 19.8. The van der Waals surface area contributed by atoms with Crippen LogP contribution < -0.4 is 11.5 Å². The minimum Gasteiger partial charge on any atom is -0.394 e. The second kappa shape index (κ2) is 26.0. The zero-order chi connectivity index (χ0) is 56.1. The molecule has 0 unspecified atom stereocenters. The molecule has 35 nitrogen and oxygen atoms in total. The summed E-state index contributed by atoms with van der Waals surface area (Å²) in [6, 6.07) is 0. The van der Waals surface area contributed by atoms with Gasteiger partial charge in [0.15, 0.2) is 44.0 Å². The summed E-state index contributed by atoms with van der Waals surface area (Å²) < 4.78 is 80.3. The predicted molar refractivity (Wildman–Crippen MR) is 232 cm³/mol. The van der Waals surface area contributed by atoms with Gasteiger partial charge in [-0.1, -0.05) is 0 Å². The summed E-state index contributed by atoms with van der Waals surface area (Å²) in [6.45, 7) is -6.17. The largest absolute Gasteiger partial charge is 0.394 e. The van der Waals surface area contributed by atoms with Crippen LogP contribution in [0.4, 0.5) is 0 Å². The smallest absolute Gasteiger partial charge is 0.187 e. The number of ether oxygens (including phenoxy) is 14. The Labute approximate surface area is 435 Å². The molecule has 0 amide bonds. The highest BCUT2D eigenvalue weighted by Crippen LogP contribution is 2.39. The highest BCUT2D eigenvalue weighted by atomic mass is 16.8. The lowest BCUT2D eigenvalue weighted by atomic mass is 9.95. The zero-order valence-corrected chi connectivity index (χ0v) is 40.5. The lowest BCUT2D eigenvalue weighted by Gasteiger charge is -2.50. The van der Waals surface area contributed by atoms with E-state index < -0.39 is 261 Å². The Kier molecular flexibility index (Phi) is 20.8. The number of aliphatic hydroxyl groups is 19. The van der Waals surface area contributed by atoms with Crippen molar-refractivity contribution in [2.75, 3.05) is 46.1 Å². The van der Waals surface area contributed by atoms with Crippen LogP contribution in [-0.2, 0) is 66.3 Å². The van der Waals surface area contributed by atoms with E-state index in [2.05, 4.69) is 0 Å². The van der Waals surface area contributed by atoms with Crippen LogP contribution in [0.1, 0.15) is 0 Å². The predicted octanol–water partition coefficient (Wildman–Crippen LogP) is -15.3. The van der Waals surface area contributed by atoms with Gasteiger partial charge in [0, 0.05) is 13.1 Å². The van der Waals surface area contributed by atoms with Crippen LogP contribution >= 0.6 is 0 Å². The summed E-state index contributed by atoms with van der Waals surface area (Å²) in [5.74, 6) is 0. The third-order valence-corrected chi connectivity index (χ3v) is 14.9. The van der Waals surface area contributed by atoms with Crippen LogP contribution in [-0.4, -0.2) is 358 Å². The number of nitrogens with two attached hydrogens (primary N) is 2. The van der Waals surface area contributed by atoms with E-state index in [0.717, 1.165) is 0 Å². The first-order chi connectivity index (χ1) is 36.7. The van der Waals surface area contributed by atoms with E-state index in [1.54, 1.807) is 0 Å². The number of hydrogen-bond acceptors (Lipinski definition) is 35. The molecule has 0 spiro atoms. The van der Waals surface area contributed by atoms with Crippen molar-refractivity contribution in [2.45, 2.75) is 215 Å². The fourth-order valence-corrected chi connectivity index (χ4v) is 10.5. The molecular formula is C42H72N2O33. The first-order valence-corrected chi connectivity index (χ1v) is 24.8. The molecule has 0 radical (unpaired) electrons. The highest BCUT2D eigenvalue weighted by molar-refractivity contribution is 5.02. The lowest BCUT2D eigenvalue weighted by Crippen LogP contribution is -2.68. The molecule has 35 heteroatoms. The Balaban J connectivity index is 1.08. The lowest BCUT2D eigenvalue weighted by molar-refractivity contribution is -0.396. The van der Waals surface area contributed by atoms with Gasteiger partial charge in [0.05, 0.1) is 33.0 Å². The van der Waals surface area contributed by atoms with E-state index >= 15 is 0 Å². The van der Waals surface area contributed by atoms with Crippen molar-refractivity contribution in [1.29, 1.82) is 0 Å². The van der Waals surface area contributed by atoms with E-state index in [9.17, 15) is 97.0 Å². The van der Waals surface area contributed by atoms with E-state index in [4.69, 9.17) is 77.8 Å². The molecular weight excluding hydrogens is 1060 g/mol. The maximum absolute atomic E-state index is 11.4. The zero-order valence-electron chi connectivity index (χ0n) is 40.5. The van der Waals surface area contributed by atoms with Gasteiger partial charge < -0.3 is 175 Å². The van der Waals surface area contributed by atoms with Crippen molar-refractivity contribution in [2.24, 2.45) is 11.5 Å². The molecule has 14 bridgehead atoms. The summed E-state index contributed by atoms with van der Waals surface area (Å²) in [4.78, 5) is 0. The molecule has 0 aromatic carbocycles. The molecule has 21 saturated heterocycles. The van der Waals surface area contributed by atoms with Gasteiger partial charge in [-0.15, -0.1) is 0 Å². The molecule has 448 valence electrons. The van der Waals surface area contributed by atoms with E-state index in [0.29, 0.717) is 0 Å². The third-order valence-electron chi connectivity index (χ3n) is 14.9. The Bertz CT molecular complexity index is 1480. The maximum Gasteiger partial charge on any atom is 0.187 e. The van der Waals surface area contributed by atoms with Gasteiger partial charge in [-0.05, 0) is 0 Å². The van der Waals surface area contributed by atoms with Gasteiger partial charge in [0.25, 0.3) is 0 Å². The van der Waals surface area contributed by atoms with Crippen LogP contribution in [0.2, 0.25) is 0 Å². The molecule has 0 aromatic heterocycles. The van der Waals surface area contributed by atoms with Gasteiger partial charge >= 0.3 is 0 Å². The number of aliphatic hydroxyl groups excluding tert-OH is 19. The van der Waals surface area contributed by atoms with Gasteiger partial charge in [-0.3, -0.25) is 0 Å². The molecule has 21 rings (SSSR count). The first-order valence-electron chi connectivity index (χ1n) is 24.8. The Hall–Kier alpha value is -1.40. The first kappa shape index (κ1) is 61.7. The number of hydrogen-bond donors (Lipinski definition) is 21. The van der Waals surface area contributed by atoms with E-state index in [1.807, 2.05) is 0 Å². The van der Waals surface area contributed by atoms with Crippen molar-refractivity contribution >= 4 is 0 Å². The standard InChI is InChI=1S/C42H72N2O33/c43-1-8-29-16(51)23(58)37(65-8)74-32-11(4-46)68-40(26(61)19(32)54)76-34-13(6-48)70-42(28(63)21(34)56)77-35-14(7-49)69-41(27(62)20(35)55)75-33-12(5-47)67-39(25(60)18(33)53)72-30-9(2-44)64-36(22(57)15(30)50)73-31-10(3-45)66-38(71-29)24(59)17(31)52/h8-42,45-63H,1-7,43-44H2/t8-,9-,10-,11-,12-,13-,14-,15-,16-,17-,18-,19-,20-,21-,22-,23-,24-,25-,26-,27-,28-,29-,30-,31-,32-,33-,34-,35-,36-,37-,38-,39-,40-,41-,42-/m1/s1. The van der Waals surface area contributed by atoms with Crippen molar-refractivity contribution in [3.63, 3.8) is 0 Å². The molecule has 23 N–H and O–H groups in total. The third kappa shape index (κ3) is 12.1. The fourth-order valence-electron chi connectivity index (χ4n) is 10.5. The average Bonchev–Trinajstić information content (AvgIpc) is 3.45. The summed E-state index contributed by atoms with van der Waals surface area (Å²) in [7, 11) is 0. The molecule has 21 aliphatic heterocycles. The fraction of sp³-hybridized carbons (Fsp3) is 1.00. The number of rotatable bonds is 7. The molecule has 0 aliphatic carbocycles. The van der Waals surface area contributed by atoms with E-state index in [-0.39, 0.29) is 0 Å². The van der Waals surface area contributed by atoms with Crippen LogP contribution in [0.25, 0.3) is 0 Å². The summed E-state index contributed by atoms with van der Waals surface area (Å²) in [5.41, 5.74) is 11.9. The Morgan fingerprint density at radius 2 is 0.325 bits per heavy atom. The monoisotopic (exact) mass is 1130 g/mol. The summed E-state index contributed by atoms with van der Waals surface area (Å²) in [5, 5.41) is 210. The van der Waals surface area contributed by atoms with Crippen molar-refractivity contribution in [3.05, 3.63) is 0 Å². The van der Waals surface area contributed by atoms with Crippen molar-refractivity contribution in [3.8, 4) is 0 Å². The van der Waals surface area contributed by atoms with Gasteiger partial charge in [-0.25, -0.2) is 0 Å². The molecule has 77 heavy (non-hydrogen) atoms. The normalized spacial score (nSPS) is 55.4. The molecule has 21 fully saturated rings. The minimum absolute atomic E-state index is 0.537. The van der Waals surface area contributed by atoms with E-state index in [1.165, 1.54) is 0 Å². The minimum atomic E-state index is -2.19. The van der Waals surface area contributed by atoms with Crippen molar-refractivity contribution < 1.29 is 163 Å². The Morgan fingerprint density at radius 3 is 0.455 bits per heavy atom. The quantitative estimate of drug-likeness (QED) is 0.113. The van der Waals surface area contributed by atoms with Crippen LogP contribution in [0, 0.1) is 0 Å². The van der Waals surface area contributed by atoms with Gasteiger partial charge in [-0.2, -0.15) is 0 Å². The molecule has 21 aliphatic rings. The van der Waals surface area contributed by atoms with Gasteiger partial charge in [0.1, 0.15) is 171 Å². The van der Waals surface area contributed by atoms with Crippen molar-refractivity contribution in [1.82, 2.24) is 0 Å². The molecule has 0 aromatic rings. The summed E-state index contributed by atoms with van der Waals surface area (Å²) in [6.07, 6.45) is -68.1. The topological polar surface area (TPSA) is 566 Å². The average molecular weight is 1130 g/mol. The SMILES string of the molecule is NC[C@H]1O[C@@H]2O[C@H]3[C@H](O)[C@@H](O)[C@@H](O[C@H]4[C@H](O)[C@@H](O)[C@@H](O[C@H]5[C@H](O)[C@@H](O)[C@@H](O[C@H]6[C@H](O)[C@@H](O)[C@@H](O[C@H]7[C@H](O)[C@@H](O)[C@@H](O[C@H]8[C@H](O)[C@@H](O)[C@@H](O[C@H]1[C@H](O)[C@H]2O)O[C@@H]8CO)O[C@@H]7CN)O[C@@H]6CO)O[C@@H]5CO)O[C@@H]4CO)O[C@@H]3CO. The highest BCUT2D eigenvalue weighted by Gasteiger charge is 2.59. The van der Waals surface area contributed by atoms with Crippen LogP contribution in [0.5, 0.6) is 0 Å². The van der Waals surface area contributed by atoms with Crippen LogP contribution in [0.15, 0.2) is 0 Å². The molecule has 0 saturated carbocycles. The van der Waals surface area contributed by atoms with Gasteiger partial charge in [0.2, 0.25) is 0 Å². The summed E-state index contributed by atoms with van der Waals surface area (Å²) >= 11 is 0.